The normalized spacial score (nSPS) is 14.4. The zero-order valence-corrected chi connectivity index (χ0v) is 15.9. The van der Waals surface area contributed by atoms with Gasteiger partial charge in [-0.1, -0.05) is 0 Å². The zero-order valence-electron chi connectivity index (χ0n) is 15.1. The van der Waals surface area contributed by atoms with E-state index in [0.717, 1.165) is 29.3 Å². The average molecular weight is 374 g/mol. The van der Waals surface area contributed by atoms with Gasteiger partial charge in [0, 0.05) is 27.8 Å². The molecule has 2 aromatic carbocycles. The number of fused-ring (bicyclic) bond motifs is 1. The lowest BCUT2D eigenvalue weighted by Crippen LogP contribution is -2.24. The number of rotatable bonds is 4. The van der Waals surface area contributed by atoms with Gasteiger partial charge in [0.25, 0.3) is 0 Å². The molecule has 0 bridgehead atoms. The predicted octanol–water partition coefficient (Wildman–Crippen LogP) is 5.25. The number of hydrogen-bond acceptors (Lipinski definition) is 4. The number of carbonyl (C=O) groups is 2. The monoisotopic (exact) mass is 374 g/mol. The molecular weight excluding hydrogens is 356 g/mol. The van der Waals surface area contributed by atoms with Crippen LogP contribution < -0.4 is 4.90 Å². The molecule has 0 saturated carbocycles. The minimum Gasteiger partial charge on any atom is -0.321 e. The van der Waals surface area contributed by atoms with E-state index in [4.69, 9.17) is 4.99 Å². The van der Waals surface area contributed by atoms with Gasteiger partial charge < -0.3 is 4.90 Å². The number of anilines is 1. The highest BCUT2D eigenvalue weighted by Crippen LogP contribution is 2.33. The van der Waals surface area contributed by atoms with E-state index < -0.39 is 0 Å². The van der Waals surface area contributed by atoms with Gasteiger partial charge in [0.1, 0.15) is 5.84 Å². The zero-order chi connectivity index (χ0) is 19.0. The number of thiophene rings is 1. The molecular formula is C22H18N2O2S. The molecule has 4 rings (SSSR count). The highest BCUT2D eigenvalue weighted by atomic mass is 32.1. The van der Waals surface area contributed by atoms with Crippen LogP contribution in [0, 0.1) is 0 Å². The van der Waals surface area contributed by atoms with Crippen LogP contribution in [0.25, 0.3) is 0 Å². The summed E-state index contributed by atoms with van der Waals surface area (Å²) in [6, 6.07) is 15.0. The van der Waals surface area contributed by atoms with Crippen molar-refractivity contribution in [1.29, 1.82) is 0 Å². The van der Waals surface area contributed by atoms with E-state index in [1.165, 1.54) is 5.56 Å². The quantitative estimate of drug-likeness (QED) is 0.586. The van der Waals surface area contributed by atoms with Crippen molar-refractivity contribution in [2.75, 3.05) is 4.90 Å². The second-order valence-corrected chi connectivity index (χ2v) is 7.28. The second kappa shape index (κ2) is 6.93. The molecule has 1 aliphatic heterocycles. The van der Waals surface area contributed by atoms with Crippen LogP contribution in [0.15, 0.2) is 64.3 Å². The van der Waals surface area contributed by atoms with E-state index in [9.17, 15) is 9.59 Å². The number of benzene rings is 2. The second-order valence-electron chi connectivity index (χ2n) is 6.54. The van der Waals surface area contributed by atoms with Crippen molar-refractivity contribution < 1.29 is 9.59 Å². The first-order valence-electron chi connectivity index (χ1n) is 8.66. The van der Waals surface area contributed by atoms with Crippen LogP contribution in [0.1, 0.15) is 45.7 Å². The SMILES string of the molecule is CC(=O)c1ccc(N=C2c3cscc3CN2c2ccc(C(C)=O)cc2)cc1. The van der Waals surface area contributed by atoms with Crippen molar-refractivity contribution in [2.24, 2.45) is 4.99 Å². The maximum Gasteiger partial charge on any atom is 0.159 e. The van der Waals surface area contributed by atoms with E-state index in [0.29, 0.717) is 11.1 Å². The molecule has 4 nitrogen and oxygen atoms in total. The van der Waals surface area contributed by atoms with E-state index >= 15 is 0 Å². The van der Waals surface area contributed by atoms with Crippen LogP contribution in [-0.2, 0) is 6.54 Å². The molecule has 0 aliphatic carbocycles. The Kier molecular flexibility index (Phi) is 4.46. The molecule has 0 atom stereocenters. The van der Waals surface area contributed by atoms with Gasteiger partial charge in [-0.2, -0.15) is 11.3 Å². The van der Waals surface area contributed by atoms with Crippen molar-refractivity contribution in [3.8, 4) is 0 Å². The molecule has 0 fully saturated rings. The van der Waals surface area contributed by atoms with Crippen LogP contribution in [0.5, 0.6) is 0 Å². The third kappa shape index (κ3) is 3.34. The molecule has 0 spiro atoms. The Morgan fingerprint density at radius 1 is 0.889 bits per heavy atom. The average Bonchev–Trinajstić information content (AvgIpc) is 3.25. The fourth-order valence-corrected chi connectivity index (χ4v) is 3.96. The molecule has 5 heteroatoms. The Hall–Kier alpha value is -3.05. The molecule has 0 saturated heterocycles. The largest absolute Gasteiger partial charge is 0.321 e. The summed E-state index contributed by atoms with van der Waals surface area (Å²) in [5.41, 5.74) is 5.56. The van der Waals surface area contributed by atoms with Crippen LogP contribution in [0.4, 0.5) is 11.4 Å². The summed E-state index contributed by atoms with van der Waals surface area (Å²) in [5.74, 6) is 0.987. The maximum absolute atomic E-state index is 11.5. The first-order chi connectivity index (χ1) is 13.0. The van der Waals surface area contributed by atoms with Gasteiger partial charge in [0.05, 0.1) is 12.2 Å². The summed E-state index contributed by atoms with van der Waals surface area (Å²) >= 11 is 1.67. The van der Waals surface area contributed by atoms with Gasteiger partial charge in [0.15, 0.2) is 11.6 Å². The highest BCUT2D eigenvalue weighted by Gasteiger charge is 2.27. The molecule has 0 radical (unpaired) electrons. The van der Waals surface area contributed by atoms with E-state index in [1.54, 1.807) is 37.3 Å². The van der Waals surface area contributed by atoms with Gasteiger partial charge in [-0.15, -0.1) is 0 Å². The number of Topliss-reactive ketones (excluding diaryl/α,β-unsaturated/α-hetero) is 2. The molecule has 1 aliphatic rings. The van der Waals surface area contributed by atoms with Gasteiger partial charge >= 0.3 is 0 Å². The number of carbonyl (C=O) groups excluding carboxylic acids is 2. The van der Waals surface area contributed by atoms with Crippen molar-refractivity contribution in [3.05, 3.63) is 81.5 Å². The summed E-state index contributed by atoms with van der Waals surface area (Å²) in [6.07, 6.45) is 0. The number of nitrogens with zero attached hydrogens (tertiary/aromatic N) is 2. The standard InChI is InChI=1S/C22H18N2O2S/c1-14(25)16-3-7-19(8-4-16)23-22-21-13-27-12-18(21)11-24(22)20-9-5-17(6-10-20)15(2)26/h3-10,12-13H,11H2,1-2H3. The first-order valence-corrected chi connectivity index (χ1v) is 9.61. The Morgan fingerprint density at radius 3 is 2.07 bits per heavy atom. The summed E-state index contributed by atoms with van der Waals surface area (Å²) in [7, 11) is 0. The third-order valence-electron chi connectivity index (χ3n) is 4.66. The summed E-state index contributed by atoms with van der Waals surface area (Å²) in [6.45, 7) is 3.88. The maximum atomic E-state index is 11.5. The Labute approximate surface area is 161 Å². The van der Waals surface area contributed by atoms with Crippen LogP contribution in [0.3, 0.4) is 0 Å². The smallest absolute Gasteiger partial charge is 0.159 e. The third-order valence-corrected chi connectivity index (χ3v) is 5.45. The van der Waals surface area contributed by atoms with Crippen molar-refractivity contribution in [1.82, 2.24) is 0 Å². The molecule has 27 heavy (non-hydrogen) atoms. The summed E-state index contributed by atoms with van der Waals surface area (Å²) in [5, 5.41) is 4.26. The summed E-state index contributed by atoms with van der Waals surface area (Å²) in [4.78, 5) is 30.0. The van der Waals surface area contributed by atoms with Gasteiger partial charge in [-0.3, -0.25) is 9.59 Å². The molecule has 1 aromatic heterocycles. The van der Waals surface area contributed by atoms with Gasteiger partial charge in [-0.25, -0.2) is 4.99 Å². The Bertz CT molecular complexity index is 1050. The topological polar surface area (TPSA) is 49.7 Å². The fraction of sp³-hybridized carbons (Fsp3) is 0.136. The molecule has 0 N–H and O–H groups in total. The first kappa shape index (κ1) is 17.4. The minimum atomic E-state index is 0.0439. The van der Waals surface area contributed by atoms with E-state index in [-0.39, 0.29) is 11.6 Å². The number of amidine groups is 1. The Morgan fingerprint density at radius 2 is 1.48 bits per heavy atom. The summed E-state index contributed by atoms with van der Waals surface area (Å²) < 4.78 is 0. The minimum absolute atomic E-state index is 0.0439. The van der Waals surface area contributed by atoms with Crippen LogP contribution in [-0.4, -0.2) is 17.4 Å². The van der Waals surface area contributed by atoms with Crippen molar-refractivity contribution in [2.45, 2.75) is 20.4 Å². The molecule has 3 aromatic rings. The van der Waals surface area contributed by atoms with Gasteiger partial charge in [-0.05, 0) is 73.3 Å². The van der Waals surface area contributed by atoms with Crippen molar-refractivity contribution >= 4 is 40.1 Å². The number of ketones is 2. The fourth-order valence-electron chi connectivity index (χ4n) is 3.14. The van der Waals surface area contributed by atoms with Crippen LogP contribution >= 0.6 is 11.3 Å². The predicted molar refractivity (Wildman–Crippen MR) is 110 cm³/mol. The van der Waals surface area contributed by atoms with Crippen LogP contribution in [0.2, 0.25) is 0 Å². The lowest BCUT2D eigenvalue weighted by Gasteiger charge is -2.20. The lowest BCUT2D eigenvalue weighted by atomic mass is 10.1. The van der Waals surface area contributed by atoms with E-state index in [1.807, 2.05) is 36.4 Å². The lowest BCUT2D eigenvalue weighted by molar-refractivity contribution is 0.100. The Balaban J connectivity index is 1.72. The number of hydrogen-bond donors (Lipinski definition) is 0. The van der Waals surface area contributed by atoms with E-state index in [2.05, 4.69) is 15.7 Å². The molecule has 0 amide bonds. The molecule has 0 unspecified atom stereocenters. The molecule has 134 valence electrons. The van der Waals surface area contributed by atoms with Crippen molar-refractivity contribution in [3.63, 3.8) is 0 Å². The number of aliphatic imine (C=N–C) groups is 1. The van der Waals surface area contributed by atoms with Gasteiger partial charge in [0.2, 0.25) is 0 Å². The molecule has 2 heterocycles. The highest BCUT2D eigenvalue weighted by molar-refractivity contribution is 7.08.